The summed E-state index contributed by atoms with van der Waals surface area (Å²) in [4.78, 5) is 0. The minimum atomic E-state index is 0.328. The highest BCUT2D eigenvalue weighted by Gasteiger charge is 2.41. The first kappa shape index (κ1) is 15.2. The van der Waals surface area contributed by atoms with Crippen molar-refractivity contribution < 1.29 is 0 Å². The van der Waals surface area contributed by atoms with Crippen molar-refractivity contribution in [1.29, 1.82) is 0 Å². The summed E-state index contributed by atoms with van der Waals surface area (Å²) in [6.07, 6.45) is 0. The zero-order valence-corrected chi connectivity index (χ0v) is 15.8. The van der Waals surface area contributed by atoms with Gasteiger partial charge in [0.05, 0.1) is 10.2 Å². The molecular weight excluding hydrogens is 340 g/mol. The fourth-order valence-electron chi connectivity index (χ4n) is 5.20. The van der Waals surface area contributed by atoms with Crippen LogP contribution in [-0.2, 0) is 0 Å². The van der Waals surface area contributed by atoms with Gasteiger partial charge in [0.15, 0.2) is 0 Å². The second kappa shape index (κ2) is 5.55. The largest absolute Gasteiger partial charge is 0.0716 e. The van der Waals surface area contributed by atoms with Gasteiger partial charge in [0.2, 0.25) is 0 Å². The van der Waals surface area contributed by atoms with Crippen LogP contribution in [0.3, 0.4) is 0 Å². The Morgan fingerprint density at radius 3 is 1.48 bits per heavy atom. The molecule has 0 heterocycles. The van der Waals surface area contributed by atoms with Gasteiger partial charge in [0.25, 0.3) is 0 Å². The highest BCUT2D eigenvalue weighted by atomic mass is 28.1. The van der Waals surface area contributed by atoms with Gasteiger partial charge in [-0.25, -0.2) is 0 Å². The van der Waals surface area contributed by atoms with Crippen molar-refractivity contribution in [1.82, 2.24) is 0 Å². The van der Waals surface area contributed by atoms with E-state index in [4.69, 9.17) is 0 Å². The van der Waals surface area contributed by atoms with Crippen molar-refractivity contribution >= 4 is 15.4 Å². The molecule has 2 aliphatic carbocycles. The molecule has 0 amide bonds. The lowest BCUT2D eigenvalue weighted by Crippen LogP contribution is -2.18. The maximum atomic E-state index is 3.93. The average Bonchev–Trinajstić information content (AvgIpc) is 3.22. The summed E-state index contributed by atoms with van der Waals surface area (Å²) in [5, 5.41) is 1.20. The Hall–Kier alpha value is -2.90. The zero-order valence-electron chi connectivity index (χ0n) is 14.8. The van der Waals surface area contributed by atoms with E-state index in [0.29, 0.717) is 11.8 Å². The van der Waals surface area contributed by atoms with Gasteiger partial charge < -0.3 is 0 Å². The lowest BCUT2D eigenvalue weighted by molar-refractivity contribution is 0.727. The molecule has 0 nitrogen and oxygen atoms in total. The Morgan fingerprint density at radius 1 is 0.444 bits per heavy atom. The van der Waals surface area contributed by atoms with E-state index in [0.717, 1.165) is 0 Å². The Balaban J connectivity index is 1.69. The Bertz CT molecular complexity index is 1160. The Morgan fingerprint density at radius 2 is 0.889 bits per heavy atom. The van der Waals surface area contributed by atoms with Crippen molar-refractivity contribution in [2.45, 2.75) is 11.8 Å². The predicted octanol–water partition coefficient (Wildman–Crippen LogP) is 5.41. The topological polar surface area (TPSA) is 0 Å². The molecule has 1 unspecified atom stereocenters. The molecule has 0 bridgehead atoms. The summed E-state index contributed by atoms with van der Waals surface area (Å²) in [6, 6.07) is 33.4. The molecule has 3 radical (unpaired) electrons. The Labute approximate surface area is 162 Å². The van der Waals surface area contributed by atoms with Crippen LogP contribution < -0.4 is 5.19 Å². The summed E-state index contributed by atoms with van der Waals surface area (Å²) in [7, 11) is 3.93. The SMILES string of the molecule is [Si]c1cccc2c1C(C1c3ccccc3-c3ccccc31)c1ccccc1-2. The third-order valence-electron chi connectivity index (χ3n) is 6.22. The lowest BCUT2D eigenvalue weighted by Gasteiger charge is -2.25. The summed E-state index contributed by atoms with van der Waals surface area (Å²) in [5.41, 5.74) is 11.3. The maximum Gasteiger partial charge on any atom is 0.0716 e. The van der Waals surface area contributed by atoms with Gasteiger partial charge in [-0.05, 0) is 44.5 Å². The van der Waals surface area contributed by atoms with Crippen LogP contribution in [0.25, 0.3) is 22.3 Å². The quantitative estimate of drug-likeness (QED) is 0.400. The fraction of sp³-hybridized carbons (Fsp3) is 0.0769. The molecule has 0 aliphatic heterocycles. The van der Waals surface area contributed by atoms with Gasteiger partial charge >= 0.3 is 0 Å². The van der Waals surface area contributed by atoms with E-state index < -0.39 is 0 Å². The van der Waals surface area contributed by atoms with E-state index in [2.05, 4.69) is 101 Å². The van der Waals surface area contributed by atoms with Crippen LogP contribution >= 0.6 is 0 Å². The normalized spacial score (nSPS) is 16.6. The molecule has 2 aliphatic rings. The molecule has 4 aromatic rings. The van der Waals surface area contributed by atoms with Crippen LogP contribution in [-0.4, -0.2) is 10.2 Å². The van der Waals surface area contributed by atoms with Crippen LogP contribution in [0.2, 0.25) is 0 Å². The second-order valence-electron chi connectivity index (χ2n) is 7.48. The molecule has 27 heavy (non-hydrogen) atoms. The van der Waals surface area contributed by atoms with Gasteiger partial charge in [-0.15, -0.1) is 0 Å². The molecule has 1 atom stereocenters. The molecule has 0 fully saturated rings. The molecule has 4 aromatic carbocycles. The van der Waals surface area contributed by atoms with Crippen molar-refractivity contribution in [3.8, 4) is 22.3 Å². The van der Waals surface area contributed by atoms with Crippen LogP contribution in [0, 0.1) is 0 Å². The first-order valence-corrected chi connectivity index (χ1v) is 9.96. The smallest absolute Gasteiger partial charge is 0.0635 e. The molecular formula is C26H17Si. The number of fused-ring (bicyclic) bond motifs is 6. The van der Waals surface area contributed by atoms with Gasteiger partial charge in [0.1, 0.15) is 0 Å². The fourth-order valence-corrected chi connectivity index (χ4v) is 5.59. The van der Waals surface area contributed by atoms with Gasteiger partial charge in [0, 0.05) is 11.8 Å². The summed E-state index contributed by atoms with van der Waals surface area (Å²) in [6.45, 7) is 0. The van der Waals surface area contributed by atoms with Crippen molar-refractivity contribution in [3.05, 3.63) is 113 Å². The molecule has 0 N–H and O–H groups in total. The highest BCUT2D eigenvalue weighted by Crippen LogP contribution is 2.57. The third kappa shape index (κ3) is 1.98. The monoisotopic (exact) mass is 357 g/mol. The predicted molar refractivity (Wildman–Crippen MR) is 113 cm³/mol. The van der Waals surface area contributed by atoms with E-state index in [-0.39, 0.29) is 0 Å². The highest BCUT2D eigenvalue weighted by molar-refractivity contribution is 6.34. The van der Waals surface area contributed by atoms with Crippen LogP contribution in [0.15, 0.2) is 91.0 Å². The minimum Gasteiger partial charge on any atom is -0.0635 e. The van der Waals surface area contributed by atoms with E-state index in [9.17, 15) is 0 Å². The standard InChI is InChI=1S/C26H17Si/c27-23-15-7-14-21-18-10-3-6-13-22(18)26(25(21)23)24-19-11-4-1-8-16(19)17-9-2-5-12-20(17)24/h1-15,24,26H. The van der Waals surface area contributed by atoms with E-state index in [1.807, 2.05) is 0 Å². The van der Waals surface area contributed by atoms with Crippen molar-refractivity contribution in [2.24, 2.45) is 0 Å². The van der Waals surface area contributed by atoms with Crippen LogP contribution in [0.1, 0.15) is 34.1 Å². The summed E-state index contributed by atoms with van der Waals surface area (Å²) in [5.74, 6) is 0.673. The molecule has 0 aromatic heterocycles. The van der Waals surface area contributed by atoms with Crippen LogP contribution in [0.5, 0.6) is 0 Å². The van der Waals surface area contributed by atoms with E-state index in [1.54, 1.807) is 0 Å². The lowest BCUT2D eigenvalue weighted by atomic mass is 9.78. The van der Waals surface area contributed by atoms with Crippen LogP contribution in [0.4, 0.5) is 0 Å². The second-order valence-corrected chi connectivity index (χ2v) is 8.02. The molecule has 0 saturated heterocycles. The van der Waals surface area contributed by atoms with Gasteiger partial charge in [-0.3, -0.25) is 0 Å². The van der Waals surface area contributed by atoms with Crippen molar-refractivity contribution in [2.75, 3.05) is 0 Å². The molecule has 125 valence electrons. The van der Waals surface area contributed by atoms with E-state index in [1.165, 1.54) is 49.7 Å². The number of rotatable bonds is 1. The number of benzene rings is 4. The van der Waals surface area contributed by atoms with Gasteiger partial charge in [-0.1, -0.05) is 96.2 Å². The third-order valence-corrected chi connectivity index (χ3v) is 6.65. The molecule has 0 spiro atoms. The average molecular weight is 358 g/mol. The molecule has 6 rings (SSSR count). The van der Waals surface area contributed by atoms with Gasteiger partial charge in [-0.2, -0.15) is 0 Å². The number of hydrogen-bond donors (Lipinski definition) is 0. The summed E-state index contributed by atoms with van der Waals surface area (Å²) >= 11 is 0. The first-order chi connectivity index (χ1) is 13.3. The van der Waals surface area contributed by atoms with E-state index >= 15 is 0 Å². The molecule has 0 saturated carbocycles. The maximum absolute atomic E-state index is 3.93. The minimum absolute atomic E-state index is 0.328. The molecule has 1 heteroatoms. The number of hydrogen-bond acceptors (Lipinski definition) is 0. The zero-order chi connectivity index (χ0) is 18.0. The Kier molecular flexibility index (Phi) is 3.12. The van der Waals surface area contributed by atoms with Crippen molar-refractivity contribution in [3.63, 3.8) is 0 Å². The summed E-state index contributed by atoms with van der Waals surface area (Å²) < 4.78 is 0. The first-order valence-electron chi connectivity index (χ1n) is 9.46.